The van der Waals surface area contributed by atoms with Gasteiger partial charge < -0.3 is 19.9 Å². The number of hydrogen-bond donors (Lipinski definition) is 1. The fourth-order valence-electron chi connectivity index (χ4n) is 3.81. The molecule has 1 aromatic rings. The third kappa shape index (κ3) is 3.92. The molecule has 0 bridgehead atoms. The van der Waals surface area contributed by atoms with Gasteiger partial charge in [-0.2, -0.15) is 0 Å². The zero-order chi connectivity index (χ0) is 18.1. The van der Waals surface area contributed by atoms with E-state index in [0.717, 1.165) is 50.7 Å². The first kappa shape index (κ1) is 17.5. The zero-order valence-electron chi connectivity index (χ0n) is 15.8. The number of rotatable bonds is 6. The largest absolute Gasteiger partial charge is 0.371 e. The standard InChI is InChI=1S/C19H29N5O2/c1-23(2)16-8-17(22-13-21-16)24-11-19(12-24)6-5-15(10-26-19)9-20-18(25)7-14-3-4-14/h8,13-15H,3-7,9-12H2,1-2H3,(H,20,25)/t15-/m1/s1. The second-order valence-electron chi connectivity index (χ2n) is 8.34. The molecule has 1 amide bonds. The molecule has 1 atom stereocenters. The Labute approximate surface area is 155 Å². The Hall–Kier alpha value is -1.89. The topological polar surface area (TPSA) is 70.6 Å². The highest BCUT2D eigenvalue weighted by Crippen LogP contribution is 2.38. The Kier molecular flexibility index (Phi) is 4.73. The second kappa shape index (κ2) is 7.02. The molecule has 1 aliphatic carbocycles. The molecule has 1 saturated carbocycles. The van der Waals surface area contributed by atoms with E-state index in [-0.39, 0.29) is 11.5 Å². The van der Waals surface area contributed by atoms with E-state index in [1.807, 2.05) is 25.1 Å². The lowest BCUT2D eigenvalue weighted by Gasteiger charge is -2.53. The molecule has 0 aromatic carbocycles. The van der Waals surface area contributed by atoms with E-state index in [4.69, 9.17) is 4.74 Å². The van der Waals surface area contributed by atoms with E-state index >= 15 is 0 Å². The lowest BCUT2D eigenvalue weighted by molar-refractivity contribution is -0.125. The van der Waals surface area contributed by atoms with Gasteiger partial charge >= 0.3 is 0 Å². The van der Waals surface area contributed by atoms with E-state index in [9.17, 15) is 4.79 Å². The molecule has 1 aromatic heterocycles. The number of aromatic nitrogens is 2. The van der Waals surface area contributed by atoms with Gasteiger partial charge in [0.15, 0.2) is 0 Å². The van der Waals surface area contributed by atoms with Crippen LogP contribution in [0.5, 0.6) is 0 Å². The summed E-state index contributed by atoms with van der Waals surface area (Å²) in [4.78, 5) is 24.7. The molecule has 1 N–H and O–H groups in total. The van der Waals surface area contributed by atoms with E-state index in [0.29, 0.717) is 18.3 Å². The number of ether oxygens (including phenoxy) is 1. The summed E-state index contributed by atoms with van der Waals surface area (Å²) in [5, 5.41) is 3.09. The van der Waals surface area contributed by atoms with Crippen LogP contribution in [0.25, 0.3) is 0 Å². The summed E-state index contributed by atoms with van der Waals surface area (Å²) in [5.74, 6) is 3.19. The maximum Gasteiger partial charge on any atom is 0.220 e. The van der Waals surface area contributed by atoms with E-state index in [1.165, 1.54) is 12.8 Å². The molecule has 26 heavy (non-hydrogen) atoms. The van der Waals surface area contributed by atoms with Crippen LogP contribution in [0.2, 0.25) is 0 Å². The van der Waals surface area contributed by atoms with Gasteiger partial charge in [-0.15, -0.1) is 0 Å². The third-order valence-electron chi connectivity index (χ3n) is 5.77. The average Bonchev–Trinajstić information content (AvgIpc) is 3.42. The van der Waals surface area contributed by atoms with Gasteiger partial charge in [0, 0.05) is 33.1 Å². The smallest absolute Gasteiger partial charge is 0.220 e. The van der Waals surface area contributed by atoms with Crippen LogP contribution in [0.4, 0.5) is 11.6 Å². The second-order valence-corrected chi connectivity index (χ2v) is 8.34. The van der Waals surface area contributed by atoms with E-state index in [1.54, 1.807) is 6.33 Å². The van der Waals surface area contributed by atoms with Crippen LogP contribution in [-0.4, -0.2) is 61.8 Å². The fourth-order valence-corrected chi connectivity index (χ4v) is 3.81. The molecule has 2 saturated heterocycles. The summed E-state index contributed by atoms with van der Waals surface area (Å²) in [6, 6.07) is 2.02. The summed E-state index contributed by atoms with van der Waals surface area (Å²) in [7, 11) is 3.97. The van der Waals surface area contributed by atoms with Crippen LogP contribution in [-0.2, 0) is 9.53 Å². The van der Waals surface area contributed by atoms with Crippen LogP contribution in [0.1, 0.15) is 32.1 Å². The van der Waals surface area contributed by atoms with Crippen molar-refractivity contribution in [2.45, 2.75) is 37.7 Å². The molecule has 3 fully saturated rings. The molecule has 0 radical (unpaired) electrons. The predicted octanol–water partition coefficient (Wildman–Crippen LogP) is 1.44. The zero-order valence-corrected chi connectivity index (χ0v) is 15.8. The van der Waals surface area contributed by atoms with Gasteiger partial charge in [-0.05, 0) is 37.5 Å². The Balaban J connectivity index is 1.22. The van der Waals surface area contributed by atoms with Crippen molar-refractivity contribution in [3.8, 4) is 0 Å². The van der Waals surface area contributed by atoms with E-state index in [2.05, 4.69) is 20.2 Å². The summed E-state index contributed by atoms with van der Waals surface area (Å²) in [6.45, 7) is 3.27. The molecular formula is C19H29N5O2. The number of nitrogens with zero attached hydrogens (tertiary/aromatic N) is 4. The van der Waals surface area contributed by atoms with Crippen LogP contribution in [0.3, 0.4) is 0 Å². The molecular weight excluding hydrogens is 330 g/mol. The number of carbonyl (C=O) groups is 1. The monoisotopic (exact) mass is 359 g/mol. The first-order valence-corrected chi connectivity index (χ1v) is 9.68. The maximum atomic E-state index is 11.8. The normalized spacial score (nSPS) is 24.2. The van der Waals surface area contributed by atoms with Gasteiger partial charge in [0.1, 0.15) is 23.6 Å². The SMILES string of the molecule is CN(C)c1cc(N2CC3(CC[C@H](CNC(=O)CC4CC4)CO3)C2)ncn1. The van der Waals surface area contributed by atoms with Crippen LogP contribution >= 0.6 is 0 Å². The minimum atomic E-state index is -0.0300. The minimum Gasteiger partial charge on any atom is -0.371 e. The van der Waals surface area contributed by atoms with Gasteiger partial charge in [-0.25, -0.2) is 9.97 Å². The minimum absolute atomic E-state index is 0.0300. The molecule has 2 aliphatic heterocycles. The van der Waals surface area contributed by atoms with Crippen molar-refractivity contribution < 1.29 is 9.53 Å². The molecule has 4 rings (SSSR count). The highest BCUT2D eigenvalue weighted by Gasteiger charge is 2.47. The van der Waals surface area contributed by atoms with Crippen LogP contribution in [0.15, 0.2) is 12.4 Å². The van der Waals surface area contributed by atoms with E-state index < -0.39 is 0 Å². The predicted molar refractivity (Wildman–Crippen MR) is 100 cm³/mol. The number of amides is 1. The quantitative estimate of drug-likeness (QED) is 0.829. The highest BCUT2D eigenvalue weighted by molar-refractivity contribution is 5.76. The molecule has 0 unspecified atom stereocenters. The van der Waals surface area contributed by atoms with Crippen molar-refractivity contribution in [3.63, 3.8) is 0 Å². The van der Waals surface area contributed by atoms with Crippen LogP contribution in [0, 0.1) is 11.8 Å². The van der Waals surface area contributed by atoms with Crippen molar-refractivity contribution >= 4 is 17.5 Å². The highest BCUT2D eigenvalue weighted by atomic mass is 16.5. The number of hydrogen-bond acceptors (Lipinski definition) is 6. The average molecular weight is 359 g/mol. The Bertz CT molecular complexity index is 645. The summed E-state index contributed by atoms with van der Waals surface area (Å²) < 4.78 is 6.22. The van der Waals surface area contributed by atoms with Gasteiger partial charge in [0.05, 0.1) is 19.7 Å². The van der Waals surface area contributed by atoms with Crippen molar-refractivity contribution in [2.24, 2.45) is 11.8 Å². The fraction of sp³-hybridized carbons (Fsp3) is 0.737. The molecule has 142 valence electrons. The van der Waals surface area contributed by atoms with Crippen molar-refractivity contribution in [2.75, 3.05) is 50.1 Å². The maximum absolute atomic E-state index is 11.8. The summed E-state index contributed by atoms with van der Waals surface area (Å²) >= 11 is 0. The first-order valence-electron chi connectivity index (χ1n) is 9.68. The molecule has 1 spiro atoms. The molecule has 3 aliphatic rings. The van der Waals surface area contributed by atoms with Crippen molar-refractivity contribution in [1.29, 1.82) is 0 Å². The molecule has 3 heterocycles. The van der Waals surface area contributed by atoms with Gasteiger partial charge in [0.2, 0.25) is 5.91 Å². The van der Waals surface area contributed by atoms with Crippen molar-refractivity contribution in [3.05, 3.63) is 12.4 Å². The van der Waals surface area contributed by atoms with Crippen LogP contribution < -0.4 is 15.1 Å². The summed E-state index contributed by atoms with van der Waals surface area (Å²) in [5.41, 5.74) is -0.0300. The first-order chi connectivity index (χ1) is 12.5. The molecule has 7 nitrogen and oxygen atoms in total. The third-order valence-corrected chi connectivity index (χ3v) is 5.77. The number of carbonyl (C=O) groups excluding carboxylic acids is 1. The number of anilines is 2. The number of nitrogens with one attached hydrogen (secondary N) is 1. The van der Waals surface area contributed by atoms with Gasteiger partial charge in [-0.3, -0.25) is 4.79 Å². The molecule has 7 heteroatoms. The lowest BCUT2D eigenvalue weighted by Crippen LogP contribution is -2.65. The Morgan fingerprint density at radius 2 is 2.12 bits per heavy atom. The summed E-state index contributed by atoms with van der Waals surface area (Å²) in [6.07, 6.45) is 6.95. The van der Waals surface area contributed by atoms with Gasteiger partial charge in [0.25, 0.3) is 0 Å². The van der Waals surface area contributed by atoms with Gasteiger partial charge in [-0.1, -0.05) is 0 Å². The Morgan fingerprint density at radius 3 is 2.77 bits per heavy atom. The Morgan fingerprint density at radius 1 is 1.31 bits per heavy atom. The lowest BCUT2D eigenvalue weighted by atomic mass is 9.83. The van der Waals surface area contributed by atoms with Crippen molar-refractivity contribution in [1.82, 2.24) is 15.3 Å².